The van der Waals surface area contributed by atoms with Crippen LogP contribution in [0.5, 0.6) is 0 Å². The van der Waals surface area contributed by atoms with Crippen LogP contribution in [-0.4, -0.2) is 49.5 Å². The Morgan fingerprint density at radius 3 is 2.33 bits per heavy atom. The first kappa shape index (κ1) is 14.3. The maximum Gasteiger partial charge on any atom is 0.279 e. The third-order valence-electron chi connectivity index (χ3n) is 1.89. The number of hydrogen-bond acceptors (Lipinski definition) is 4. The van der Waals surface area contributed by atoms with Crippen LogP contribution in [-0.2, 0) is 15.0 Å². The number of aliphatic hydroxyl groups excluding tert-OH is 1. The van der Waals surface area contributed by atoms with Crippen LogP contribution in [0.15, 0.2) is 0 Å². The van der Waals surface area contributed by atoms with Crippen molar-refractivity contribution in [3.63, 3.8) is 0 Å². The fourth-order valence-corrected chi connectivity index (χ4v) is 1.79. The largest absolute Gasteiger partial charge is 0.382 e. The Morgan fingerprint density at radius 1 is 1.53 bits per heavy atom. The van der Waals surface area contributed by atoms with E-state index in [9.17, 15) is 13.2 Å². The Kier molecular flexibility index (Phi) is 5.15. The van der Waals surface area contributed by atoms with Crippen molar-refractivity contribution in [2.75, 3.05) is 13.6 Å². The zero-order valence-corrected chi connectivity index (χ0v) is 9.78. The molecule has 0 fully saturated rings. The molecular formula is C7H17N3O4S. The number of carbonyl (C=O) groups excluding carboxylic acids is 1. The van der Waals surface area contributed by atoms with Crippen LogP contribution >= 0.6 is 0 Å². The third kappa shape index (κ3) is 4.56. The van der Waals surface area contributed by atoms with Gasteiger partial charge in [-0.3, -0.25) is 4.79 Å². The monoisotopic (exact) mass is 239 g/mol. The minimum Gasteiger partial charge on any atom is -0.382 e. The predicted octanol–water partition coefficient (Wildman–Crippen LogP) is -1.99. The first-order chi connectivity index (χ1) is 6.68. The molecule has 7 nitrogen and oxygen atoms in total. The average Bonchev–Trinajstić information content (AvgIpc) is 2.12. The highest BCUT2D eigenvalue weighted by atomic mass is 32.2. The van der Waals surface area contributed by atoms with E-state index in [0.29, 0.717) is 0 Å². The zero-order chi connectivity index (χ0) is 12.2. The molecule has 1 unspecified atom stereocenters. The molecule has 1 amide bonds. The van der Waals surface area contributed by atoms with E-state index in [-0.39, 0.29) is 6.04 Å². The standard InChI is InChI=1S/C7H17N3O4S/c1-5(2)10(3)15(13,14)9-4-6(11)7(8)12/h5-6,9,11H,4H2,1-3H3,(H2,8,12). The topological polar surface area (TPSA) is 113 Å². The third-order valence-corrected chi connectivity index (χ3v) is 3.61. The lowest BCUT2D eigenvalue weighted by Gasteiger charge is -2.21. The highest BCUT2D eigenvalue weighted by molar-refractivity contribution is 7.87. The van der Waals surface area contributed by atoms with Crippen LogP contribution in [0.1, 0.15) is 13.8 Å². The molecule has 4 N–H and O–H groups in total. The van der Waals surface area contributed by atoms with Crippen LogP contribution in [0, 0.1) is 0 Å². The van der Waals surface area contributed by atoms with Crippen LogP contribution in [0.2, 0.25) is 0 Å². The van der Waals surface area contributed by atoms with Crippen LogP contribution < -0.4 is 10.5 Å². The molecule has 0 aromatic carbocycles. The summed E-state index contributed by atoms with van der Waals surface area (Å²) in [5.74, 6) is -0.968. The Labute approximate surface area is 89.4 Å². The van der Waals surface area contributed by atoms with Gasteiger partial charge in [-0.2, -0.15) is 17.4 Å². The van der Waals surface area contributed by atoms with Crippen molar-refractivity contribution in [3.8, 4) is 0 Å². The first-order valence-electron chi connectivity index (χ1n) is 4.38. The van der Waals surface area contributed by atoms with Gasteiger partial charge in [-0.05, 0) is 13.8 Å². The molecule has 8 heteroatoms. The summed E-state index contributed by atoms with van der Waals surface area (Å²) in [6.45, 7) is 2.97. The normalized spacial score (nSPS) is 14.5. The molecule has 0 radical (unpaired) electrons. The second kappa shape index (κ2) is 5.40. The van der Waals surface area contributed by atoms with Crippen molar-refractivity contribution < 1.29 is 18.3 Å². The fourth-order valence-electron chi connectivity index (χ4n) is 0.664. The molecule has 90 valence electrons. The molecule has 0 heterocycles. The lowest BCUT2D eigenvalue weighted by Crippen LogP contribution is -2.46. The molecule has 0 aliphatic carbocycles. The molecule has 0 saturated heterocycles. The van der Waals surface area contributed by atoms with Gasteiger partial charge in [0.25, 0.3) is 10.2 Å². The summed E-state index contributed by atoms with van der Waals surface area (Å²) in [7, 11) is -2.28. The molecule has 0 rings (SSSR count). The van der Waals surface area contributed by atoms with E-state index < -0.39 is 28.8 Å². The molecular weight excluding hydrogens is 222 g/mol. The van der Waals surface area contributed by atoms with Crippen LogP contribution in [0.25, 0.3) is 0 Å². The SMILES string of the molecule is CC(C)N(C)S(=O)(=O)NCC(O)C(N)=O. The molecule has 0 aliphatic heterocycles. The highest BCUT2D eigenvalue weighted by Crippen LogP contribution is 2.00. The van der Waals surface area contributed by atoms with Gasteiger partial charge in [0.05, 0.1) is 0 Å². The highest BCUT2D eigenvalue weighted by Gasteiger charge is 2.22. The molecule has 1 atom stereocenters. The zero-order valence-electron chi connectivity index (χ0n) is 8.97. The van der Waals surface area contributed by atoms with Gasteiger partial charge < -0.3 is 10.8 Å². The van der Waals surface area contributed by atoms with Gasteiger partial charge in [0.2, 0.25) is 5.91 Å². The summed E-state index contributed by atoms with van der Waals surface area (Å²) in [6.07, 6.45) is -1.51. The first-order valence-corrected chi connectivity index (χ1v) is 5.82. The maximum atomic E-state index is 11.5. The van der Waals surface area contributed by atoms with Crippen molar-refractivity contribution in [2.24, 2.45) is 5.73 Å². The number of nitrogens with zero attached hydrogens (tertiary/aromatic N) is 1. The van der Waals surface area contributed by atoms with Gasteiger partial charge in [0.1, 0.15) is 6.10 Å². The maximum absolute atomic E-state index is 11.5. The minimum absolute atomic E-state index is 0.215. The second-order valence-electron chi connectivity index (χ2n) is 3.38. The Bertz CT molecular complexity index is 314. The van der Waals surface area contributed by atoms with E-state index >= 15 is 0 Å². The summed E-state index contributed by atoms with van der Waals surface area (Å²) in [4.78, 5) is 10.4. The lowest BCUT2D eigenvalue weighted by molar-refractivity contribution is -0.125. The predicted molar refractivity (Wildman–Crippen MR) is 55.0 cm³/mol. The smallest absolute Gasteiger partial charge is 0.279 e. The number of nitrogens with one attached hydrogen (secondary N) is 1. The van der Waals surface area contributed by atoms with Gasteiger partial charge in [-0.1, -0.05) is 0 Å². The van der Waals surface area contributed by atoms with E-state index in [1.54, 1.807) is 13.8 Å². The number of amides is 1. The van der Waals surface area contributed by atoms with Crippen LogP contribution in [0.3, 0.4) is 0 Å². The number of primary amides is 1. The Morgan fingerprint density at radius 2 is 2.00 bits per heavy atom. The molecule has 0 bridgehead atoms. The number of aliphatic hydroxyl groups is 1. The Balaban J connectivity index is 4.35. The van der Waals surface area contributed by atoms with Crippen LogP contribution in [0.4, 0.5) is 0 Å². The van der Waals surface area contributed by atoms with Gasteiger partial charge >= 0.3 is 0 Å². The number of rotatable bonds is 6. The molecule has 0 aliphatic rings. The molecule has 15 heavy (non-hydrogen) atoms. The average molecular weight is 239 g/mol. The van der Waals surface area contributed by atoms with Crippen molar-refractivity contribution >= 4 is 16.1 Å². The van der Waals surface area contributed by atoms with E-state index in [2.05, 4.69) is 4.72 Å². The summed E-state index contributed by atoms with van der Waals surface area (Å²) >= 11 is 0. The van der Waals surface area contributed by atoms with E-state index in [1.807, 2.05) is 0 Å². The summed E-state index contributed by atoms with van der Waals surface area (Å²) in [6, 6.07) is -0.215. The summed E-state index contributed by atoms with van der Waals surface area (Å²) in [5.41, 5.74) is 4.76. The van der Waals surface area contributed by atoms with Crippen molar-refractivity contribution in [3.05, 3.63) is 0 Å². The van der Waals surface area contributed by atoms with Crippen molar-refractivity contribution in [1.29, 1.82) is 0 Å². The van der Waals surface area contributed by atoms with Crippen molar-refractivity contribution in [2.45, 2.75) is 26.0 Å². The Hall–Kier alpha value is -0.700. The number of nitrogens with two attached hydrogens (primary N) is 1. The summed E-state index contributed by atoms with van der Waals surface area (Å²) < 4.78 is 26.1. The second-order valence-corrected chi connectivity index (χ2v) is 5.20. The lowest BCUT2D eigenvalue weighted by atomic mass is 10.3. The molecule has 0 saturated carbocycles. The quantitative estimate of drug-likeness (QED) is 0.498. The number of hydrogen-bond donors (Lipinski definition) is 3. The fraction of sp³-hybridized carbons (Fsp3) is 0.857. The molecule has 0 spiro atoms. The minimum atomic E-state index is -3.67. The van der Waals surface area contributed by atoms with E-state index in [4.69, 9.17) is 10.8 Å². The molecule has 0 aromatic rings. The molecule has 0 aromatic heterocycles. The van der Waals surface area contributed by atoms with Gasteiger partial charge in [-0.15, -0.1) is 0 Å². The van der Waals surface area contributed by atoms with Gasteiger partial charge in [0, 0.05) is 19.6 Å². The van der Waals surface area contributed by atoms with Gasteiger partial charge in [-0.25, -0.2) is 0 Å². The van der Waals surface area contributed by atoms with E-state index in [0.717, 1.165) is 4.31 Å². The summed E-state index contributed by atoms with van der Waals surface area (Å²) in [5, 5.41) is 8.99. The van der Waals surface area contributed by atoms with Gasteiger partial charge in [0.15, 0.2) is 0 Å². The van der Waals surface area contributed by atoms with Crippen molar-refractivity contribution in [1.82, 2.24) is 9.03 Å². The van der Waals surface area contributed by atoms with E-state index in [1.165, 1.54) is 7.05 Å². The number of carbonyl (C=O) groups is 1.